The first-order chi connectivity index (χ1) is 13.4. The Morgan fingerprint density at radius 3 is 2.39 bits per heavy atom. The van der Waals surface area contributed by atoms with Gasteiger partial charge < -0.3 is 15.0 Å². The molecule has 2 aromatic rings. The zero-order valence-corrected chi connectivity index (χ0v) is 17.2. The summed E-state index contributed by atoms with van der Waals surface area (Å²) >= 11 is 5.49. The van der Waals surface area contributed by atoms with Gasteiger partial charge in [0, 0.05) is 24.7 Å². The highest BCUT2D eigenvalue weighted by molar-refractivity contribution is 7.80. The van der Waals surface area contributed by atoms with Crippen LogP contribution < -0.4 is 10.1 Å². The van der Waals surface area contributed by atoms with E-state index in [-0.39, 0.29) is 11.8 Å². The minimum atomic E-state index is -0.193. The summed E-state index contributed by atoms with van der Waals surface area (Å²) in [6.45, 7) is 4.12. The summed E-state index contributed by atoms with van der Waals surface area (Å²) in [6.07, 6.45) is 2.38. The fraction of sp³-hybridized carbons (Fsp3) is 0.304. The third-order valence-corrected chi connectivity index (χ3v) is 5.73. The van der Waals surface area contributed by atoms with Crippen LogP contribution in [-0.2, 0) is 4.79 Å². The van der Waals surface area contributed by atoms with E-state index in [0.717, 1.165) is 41.2 Å². The number of hydrogen-bond acceptors (Lipinski definition) is 3. The van der Waals surface area contributed by atoms with E-state index < -0.39 is 0 Å². The van der Waals surface area contributed by atoms with Gasteiger partial charge in [0.05, 0.1) is 6.04 Å². The van der Waals surface area contributed by atoms with Crippen LogP contribution in [-0.4, -0.2) is 22.8 Å². The van der Waals surface area contributed by atoms with Gasteiger partial charge in [0.15, 0.2) is 10.9 Å². The van der Waals surface area contributed by atoms with Crippen LogP contribution in [0.15, 0.2) is 53.7 Å². The van der Waals surface area contributed by atoms with Crippen LogP contribution in [0.1, 0.15) is 42.0 Å². The summed E-state index contributed by atoms with van der Waals surface area (Å²) in [7, 11) is 1.93. The first-order valence-corrected chi connectivity index (χ1v) is 10.00. The molecule has 4 rings (SSSR count). The number of aryl methyl sites for hydroxylation is 2. The molecular weight excluding hydrogens is 368 g/mol. The number of benzene rings is 2. The molecule has 1 N–H and O–H groups in total. The number of thiocarbonyl (C=S) groups is 1. The minimum absolute atomic E-state index is 0.193. The molecule has 0 radical (unpaired) electrons. The molecule has 5 heteroatoms. The van der Waals surface area contributed by atoms with E-state index in [4.69, 9.17) is 17.0 Å². The lowest BCUT2D eigenvalue weighted by Gasteiger charge is -2.39. The van der Waals surface area contributed by atoms with Crippen LogP contribution in [0.3, 0.4) is 0 Å². The summed E-state index contributed by atoms with van der Waals surface area (Å²) in [6, 6.07) is 13.9. The van der Waals surface area contributed by atoms with Crippen molar-refractivity contribution in [2.45, 2.75) is 39.2 Å². The van der Waals surface area contributed by atoms with Crippen molar-refractivity contribution >= 4 is 23.1 Å². The Morgan fingerprint density at radius 1 is 1.04 bits per heavy atom. The fourth-order valence-electron chi connectivity index (χ4n) is 4.04. The zero-order chi connectivity index (χ0) is 19.8. The lowest BCUT2D eigenvalue weighted by Crippen LogP contribution is -2.47. The van der Waals surface area contributed by atoms with Crippen LogP contribution in [0.4, 0.5) is 0 Å². The van der Waals surface area contributed by atoms with E-state index in [9.17, 15) is 4.79 Å². The van der Waals surface area contributed by atoms with Crippen molar-refractivity contribution in [2.24, 2.45) is 0 Å². The highest BCUT2D eigenvalue weighted by Crippen LogP contribution is 2.37. The average molecular weight is 393 g/mol. The van der Waals surface area contributed by atoms with Gasteiger partial charge in [-0.15, -0.1) is 0 Å². The van der Waals surface area contributed by atoms with E-state index in [1.54, 1.807) is 0 Å². The molecule has 0 aromatic heterocycles. The molecular formula is C23H24N2O2S. The van der Waals surface area contributed by atoms with Gasteiger partial charge in [0.25, 0.3) is 0 Å². The van der Waals surface area contributed by atoms with Gasteiger partial charge in [-0.05, 0) is 79.9 Å². The van der Waals surface area contributed by atoms with Crippen molar-refractivity contribution in [1.82, 2.24) is 10.2 Å². The summed E-state index contributed by atoms with van der Waals surface area (Å²) < 4.78 is 6.01. The van der Waals surface area contributed by atoms with Crippen molar-refractivity contribution in [3.8, 4) is 11.5 Å². The van der Waals surface area contributed by atoms with Crippen LogP contribution in [0.25, 0.3) is 0 Å². The molecule has 2 aliphatic rings. The van der Waals surface area contributed by atoms with Gasteiger partial charge in [-0.1, -0.05) is 18.2 Å². The molecule has 1 aliphatic carbocycles. The second-order valence-electron chi connectivity index (χ2n) is 7.57. The Labute approximate surface area is 171 Å². The zero-order valence-electron chi connectivity index (χ0n) is 16.4. The molecule has 0 saturated heterocycles. The third kappa shape index (κ3) is 3.54. The molecule has 144 valence electrons. The Hall–Kier alpha value is -2.66. The Morgan fingerprint density at radius 2 is 1.71 bits per heavy atom. The highest BCUT2D eigenvalue weighted by atomic mass is 32.1. The van der Waals surface area contributed by atoms with Gasteiger partial charge in [-0.2, -0.15) is 0 Å². The predicted molar refractivity (Wildman–Crippen MR) is 115 cm³/mol. The SMILES string of the molecule is Cc1cc(C)cc(Oc2ccc(C3NC(=S)N(C)C4=C3C(=O)CCC4)cc2)c1. The van der Waals surface area contributed by atoms with E-state index >= 15 is 0 Å². The number of ether oxygens (including phenoxy) is 1. The smallest absolute Gasteiger partial charge is 0.173 e. The van der Waals surface area contributed by atoms with Gasteiger partial charge in [-0.3, -0.25) is 4.79 Å². The van der Waals surface area contributed by atoms with Crippen LogP contribution in [0, 0.1) is 13.8 Å². The maximum atomic E-state index is 12.6. The van der Waals surface area contributed by atoms with Gasteiger partial charge in [-0.25, -0.2) is 0 Å². The van der Waals surface area contributed by atoms with E-state index in [2.05, 4.69) is 25.2 Å². The number of hydrogen-bond donors (Lipinski definition) is 1. The Balaban J connectivity index is 1.62. The van der Waals surface area contributed by atoms with Gasteiger partial charge in [0.1, 0.15) is 11.5 Å². The largest absolute Gasteiger partial charge is 0.457 e. The van der Waals surface area contributed by atoms with Gasteiger partial charge in [0.2, 0.25) is 0 Å². The average Bonchev–Trinajstić information content (AvgIpc) is 2.65. The number of carbonyl (C=O) groups is 1. The molecule has 28 heavy (non-hydrogen) atoms. The van der Waals surface area contributed by atoms with Crippen molar-refractivity contribution in [3.05, 3.63) is 70.4 Å². The number of nitrogens with zero attached hydrogens (tertiary/aromatic N) is 1. The number of ketones is 1. The quantitative estimate of drug-likeness (QED) is 0.748. The van der Waals surface area contributed by atoms with Crippen molar-refractivity contribution in [1.29, 1.82) is 0 Å². The standard InChI is InChI=1S/C23H24N2O2S/c1-14-11-15(2)13-18(12-14)27-17-9-7-16(8-10-17)22-21-19(5-4-6-20(21)26)25(3)23(28)24-22/h7-13,22H,4-6H2,1-3H3,(H,24,28). The molecule has 1 aliphatic heterocycles. The number of rotatable bonds is 3. The predicted octanol–water partition coefficient (Wildman–Crippen LogP) is 4.96. The molecule has 0 spiro atoms. The summed E-state index contributed by atoms with van der Waals surface area (Å²) in [5.41, 5.74) is 5.27. The van der Waals surface area contributed by atoms with Crippen LogP contribution >= 0.6 is 12.2 Å². The maximum Gasteiger partial charge on any atom is 0.173 e. The van der Waals surface area contributed by atoms with Crippen molar-refractivity contribution in [3.63, 3.8) is 0 Å². The van der Waals surface area contributed by atoms with E-state index in [1.807, 2.05) is 48.3 Å². The molecule has 4 nitrogen and oxygen atoms in total. The molecule has 0 bridgehead atoms. The molecule has 1 unspecified atom stereocenters. The van der Waals surface area contributed by atoms with Crippen LogP contribution in [0.2, 0.25) is 0 Å². The number of allylic oxidation sites excluding steroid dienone is 1. The Kier molecular flexibility index (Phi) is 4.94. The van der Waals surface area contributed by atoms with Crippen LogP contribution in [0.5, 0.6) is 11.5 Å². The Bertz CT molecular complexity index is 958. The third-order valence-electron chi connectivity index (χ3n) is 5.34. The fourth-order valence-corrected chi connectivity index (χ4v) is 4.27. The second-order valence-corrected chi connectivity index (χ2v) is 7.96. The molecule has 2 aromatic carbocycles. The maximum absolute atomic E-state index is 12.6. The molecule has 1 atom stereocenters. The molecule has 0 amide bonds. The normalized spacial score (nSPS) is 19.4. The molecule has 0 saturated carbocycles. The molecule has 0 fully saturated rings. The topological polar surface area (TPSA) is 41.6 Å². The number of Topliss-reactive ketones (excluding diaryl/α,β-unsaturated/α-hetero) is 1. The lowest BCUT2D eigenvalue weighted by atomic mass is 9.85. The van der Waals surface area contributed by atoms with Gasteiger partial charge >= 0.3 is 0 Å². The first kappa shape index (κ1) is 18.7. The monoisotopic (exact) mass is 392 g/mol. The summed E-state index contributed by atoms with van der Waals surface area (Å²) in [4.78, 5) is 14.6. The van der Waals surface area contributed by atoms with Crippen molar-refractivity contribution in [2.75, 3.05) is 7.05 Å². The highest BCUT2D eigenvalue weighted by Gasteiger charge is 2.35. The van der Waals surface area contributed by atoms with E-state index in [0.29, 0.717) is 11.5 Å². The number of carbonyl (C=O) groups excluding carboxylic acids is 1. The summed E-state index contributed by atoms with van der Waals surface area (Å²) in [5, 5.41) is 4.00. The number of nitrogens with one attached hydrogen (secondary N) is 1. The van der Waals surface area contributed by atoms with E-state index in [1.165, 1.54) is 11.1 Å². The van der Waals surface area contributed by atoms with Crippen molar-refractivity contribution < 1.29 is 9.53 Å². The molecule has 1 heterocycles. The summed E-state index contributed by atoms with van der Waals surface area (Å²) in [5.74, 6) is 1.81. The lowest BCUT2D eigenvalue weighted by molar-refractivity contribution is -0.116. The second kappa shape index (κ2) is 7.40. The minimum Gasteiger partial charge on any atom is -0.457 e. The first-order valence-electron chi connectivity index (χ1n) is 9.59.